The number of sulfone groups is 1. The Bertz CT molecular complexity index is 581. The first kappa shape index (κ1) is 16.0. The molecule has 0 unspecified atom stereocenters. The summed E-state index contributed by atoms with van der Waals surface area (Å²) in [5.74, 6) is -0.104. The monoisotopic (exact) mass is 311 g/mol. The fourth-order valence-corrected chi connectivity index (χ4v) is 3.58. The molecule has 116 valence electrons. The van der Waals surface area contributed by atoms with E-state index in [1.807, 2.05) is 49.1 Å². The maximum Gasteiger partial charge on any atom is 0.321 e. The van der Waals surface area contributed by atoms with Crippen molar-refractivity contribution >= 4 is 15.8 Å². The maximum atomic E-state index is 12.0. The van der Waals surface area contributed by atoms with Crippen LogP contribution in [0, 0.1) is 0 Å². The molecule has 1 aromatic rings. The molecule has 0 aromatic heterocycles. The van der Waals surface area contributed by atoms with Crippen LogP contribution in [0.4, 0.5) is 0 Å². The molecule has 0 N–H and O–H groups in total. The number of esters is 1. The highest BCUT2D eigenvalue weighted by atomic mass is 32.2. The van der Waals surface area contributed by atoms with Crippen molar-refractivity contribution in [2.75, 3.05) is 31.1 Å². The van der Waals surface area contributed by atoms with Gasteiger partial charge in [-0.25, -0.2) is 8.42 Å². The van der Waals surface area contributed by atoms with E-state index in [0.717, 1.165) is 5.56 Å². The number of rotatable bonds is 4. The van der Waals surface area contributed by atoms with Crippen molar-refractivity contribution in [3.8, 4) is 0 Å². The van der Waals surface area contributed by atoms with Crippen LogP contribution in [0.5, 0.6) is 0 Å². The second-order valence-electron chi connectivity index (χ2n) is 5.78. The third-order valence-electron chi connectivity index (χ3n) is 3.63. The summed E-state index contributed by atoms with van der Waals surface area (Å²) in [5, 5.41) is 0. The Kier molecular flexibility index (Phi) is 4.68. The lowest BCUT2D eigenvalue weighted by atomic mass is 9.98. The maximum absolute atomic E-state index is 12.0. The van der Waals surface area contributed by atoms with Crippen LogP contribution in [-0.4, -0.2) is 50.4 Å². The van der Waals surface area contributed by atoms with Crippen molar-refractivity contribution in [2.45, 2.75) is 19.4 Å². The van der Waals surface area contributed by atoms with Gasteiger partial charge in [-0.15, -0.1) is 0 Å². The fourth-order valence-electron chi connectivity index (χ4n) is 2.31. The van der Waals surface area contributed by atoms with Crippen LogP contribution in [0.2, 0.25) is 0 Å². The average Bonchev–Trinajstić information content (AvgIpc) is 2.42. The molecular weight excluding hydrogens is 290 g/mol. The van der Waals surface area contributed by atoms with Gasteiger partial charge in [-0.1, -0.05) is 30.3 Å². The lowest BCUT2D eigenvalue weighted by Gasteiger charge is -2.29. The minimum Gasteiger partial charge on any atom is -0.454 e. The van der Waals surface area contributed by atoms with Gasteiger partial charge in [0.2, 0.25) is 0 Å². The fraction of sp³-hybridized carbons (Fsp3) is 0.533. The number of hydrogen-bond acceptors (Lipinski definition) is 5. The summed E-state index contributed by atoms with van der Waals surface area (Å²) >= 11 is 0. The van der Waals surface area contributed by atoms with Gasteiger partial charge in [0, 0.05) is 13.1 Å². The number of nitrogens with zero attached hydrogens (tertiary/aromatic N) is 1. The van der Waals surface area contributed by atoms with Crippen LogP contribution >= 0.6 is 0 Å². The van der Waals surface area contributed by atoms with E-state index < -0.39 is 15.4 Å². The van der Waals surface area contributed by atoms with Gasteiger partial charge in [-0.05, 0) is 19.4 Å². The van der Waals surface area contributed by atoms with Crippen LogP contribution < -0.4 is 0 Å². The molecule has 0 bridgehead atoms. The second kappa shape index (κ2) is 6.15. The van der Waals surface area contributed by atoms with Crippen LogP contribution in [0.15, 0.2) is 30.3 Å². The smallest absolute Gasteiger partial charge is 0.321 e. The van der Waals surface area contributed by atoms with E-state index in [1.54, 1.807) is 0 Å². The molecule has 0 amide bonds. The third-order valence-corrected chi connectivity index (χ3v) is 5.24. The zero-order chi connectivity index (χ0) is 15.5. The van der Waals surface area contributed by atoms with Gasteiger partial charge in [0.05, 0.1) is 18.1 Å². The highest BCUT2D eigenvalue weighted by molar-refractivity contribution is 7.91. The molecule has 6 heteroatoms. The molecule has 0 radical (unpaired) electrons. The van der Waals surface area contributed by atoms with E-state index >= 15 is 0 Å². The summed E-state index contributed by atoms with van der Waals surface area (Å²) < 4.78 is 28.3. The predicted octanol–water partition coefficient (Wildman–Crippen LogP) is 1.20. The lowest BCUT2D eigenvalue weighted by Crippen LogP contribution is -2.44. The van der Waals surface area contributed by atoms with Crippen molar-refractivity contribution in [3.63, 3.8) is 0 Å². The number of benzene rings is 1. The Hall–Kier alpha value is -1.40. The van der Waals surface area contributed by atoms with Crippen molar-refractivity contribution in [2.24, 2.45) is 0 Å². The zero-order valence-corrected chi connectivity index (χ0v) is 13.2. The number of carbonyl (C=O) groups excluding carboxylic acids is 1. The Labute approximate surface area is 125 Å². The van der Waals surface area contributed by atoms with Crippen molar-refractivity contribution in [1.82, 2.24) is 4.90 Å². The van der Waals surface area contributed by atoms with Crippen molar-refractivity contribution < 1.29 is 17.9 Å². The first-order chi connectivity index (χ1) is 9.78. The molecule has 0 atom stereocenters. The van der Waals surface area contributed by atoms with Gasteiger partial charge in [0.1, 0.15) is 5.60 Å². The van der Waals surface area contributed by atoms with Crippen LogP contribution in [-0.2, 0) is 25.0 Å². The minimum absolute atomic E-state index is 0.113. The first-order valence-electron chi connectivity index (χ1n) is 6.99. The Morgan fingerprint density at radius 1 is 1.19 bits per heavy atom. The molecule has 1 aromatic carbocycles. The molecule has 0 aliphatic carbocycles. The average molecular weight is 311 g/mol. The summed E-state index contributed by atoms with van der Waals surface area (Å²) in [4.78, 5) is 13.9. The Balaban J connectivity index is 1.90. The Morgan fingerprint density at radius 3 is 2.33 bits per heavy atom. The molecule has 21 heavy (non-hydrogen) atoms. The van der Waals surface area contributed by atoms with Gasteiger partial charge in [0.25, 0.3) is 0 Å². The summed E-state index contributed by atoms with van der Waals surface area (Å²) in [6.07, 6.45) is 0. The number of carbonyl (C=O) groups is 1. The van der Waals surface area contributed by atoms with Gasteiger partial charge >= 0.3 is 5.97 Å². The highest BCUT2D eigenvalue weighted by Crippen LogP contribution is 2.24. The van der Waals surface area contributed by atoms with E-state index in [2.05, 4.69) is 0 Å². The third kappa shape index (κ3) is 4.54. The predicted molar refractivity (Wildman–Crippen MR) is 80.7 cm³/mol. The van der Waals surface area contributed by atoms with Gasteiger partial charge in [-0.2, -0.15) is 0 Å². The minimum atomic E-state index is -2.92. The molecule has 1 aliphatic rings. The second-order valence-corrected chi connectivity index (χ2v) is 8.08. The van der Waals surface area contributed by atoms with Crippen LogP contribution in [0.25, 0.3) is 0 Å². The van der Waals surface area contributed by atoms with Crippen LogP contribution in [0.1, 0.15) is 19.4 Å². The first-order valence-corrected chi connectivity index (χ1v) is 8.81. The number of hydrogen-bond donors (Lipinski definition) is 0. The zero-order valence-electron chi connectivity index (χ0n) is 12.4. The van der Waals surface area contributed by atoms with Gasteiger partial charge < -0.3 is 4.74 Å². The molecule has 1 saturated heterocycles. The molecule has 5 nitrogen and oxygen atoms in total. The van der Waals surface area contributed by atoms with Crippen LogP contribution in [0.3, 0.4) is 0 Å². The molecule has 0 spiro atoms. The lowest BCUT2D eigenvalue weighted by molar-refractivity contribution is -0.158. The topological polar surface area (TPSA) is 63.7 Å². The summed E-state index contributed by atoms with van der Waals surface area (Å²) in [7, 11) is -2.92. The van der Waals surface area contributed by atoms with Crippen molar-refractivity contribution in [1.29, 1.82) is 0 Å². The van der Waals surface area contributed by atoms with E-state index in [1.165, 1.54) is 0 Å². The molecule has 2 rings (SSSR count). The summed E-state index contributed by atoms with van der Waals surface area (Å²) in [6, 6.07) is 9.55. The van der Waals surface area contributed by atoms with Crippen molar-refractivity contribution in [3.05, 3.63) is 35.9 Å². The molecule has 0 saturated carbocycles. The molecule has 1 heterocycles. The number of ether oxygens (including phenoxy) is 1. The summed E-state index contributed by atoms with van der Waals surface area (Å²) in [5.41, 5.74) is 0.236. The molecular formula is C15H21NO4S. The normalized spacial score (nSPS) is 19.1. The van der Waals surface area contributed by atoms with Gasteiger partial charge in [-0.3, -0.25) is 9.69 Å². The molecule has 1 fully saturated rings. The standard InChI is InChI=1S/C15H21NO4S/c1-15(2,13-6-4-3-5-7-13)20-14(17)12-16-8-10-21(18,19)11-9-16/h3-7H,8-12H2,1-2H3. The molecule has 1 aliphatic heterocycles. The van der Waals surface area contributed by atoms with E-state index in [9.17, 15) is 13.2 Å². The SMILES string of the molecule is CC(C)(OC(=O)CN1CCS(=O)(=O)CC1)c1ccccc1. The quantitative estimate of drug-likeness (QED) is 0.782. The summed E-state index contributed by atoms with van der Waals surface area (Å²) in [6.45, 7) is 4.61. The van der Waals surface area contributed by atoms with Gasteiger partial charge in [0.15, 0.2) is 9.84 Å². The Morgan fingerprint density at radius 2 is 1.76 bits per heavy atom. The largest absolute Gasteiger partial charge is 0.454 e. The highest BCUT2D eigenvalue weighted by Gasteiger charge is 2.28. The van der Waals surface area contributed by atoms with E-state index in [-0.39, 0.29) is 24.0 Å². The van der Waals surface area contributed by atoms with E-state index in [0.29, 0.717) is 13.1 Å². The van der Waals surface area contributed by atoms with E-state index in [4.69, 9.17) is 4.74 Å².